The fraction of sp³-hybridized carbons (Fsp3) is 0.308. The van der Waals surface area contributed by atoms with Crippen molar-refractivity contribution in [3.05, 3.63) is 41.3 Å². The summed E-state index contributed by atoms with van der Waals surface area (Å²) in [5.41, 5.74) is 8.13. The number of benzene rings is 1. The Kier molecular flexibility index (Phi) is 3.26. The third-order valence-corrected chi connectivity index (χ3v) is 2.62. The second kappa shape index (κ2) is 4.69. The zero-order chi connectivity index (χ0) is 12.4. The molecule has 0 aliphatic carbocycles. The molecule has 2 rings (SSSR count). The van der Waals surface area contributed by atoms with E-state index in [9.17, 15) is 5.11 Å². The van der Waals surface area contributed by atoms with Gasteiger partial charge in [-0.3, -0.25) is 0 Å². The molecule has 17 heavy (non-hydrogen) atoms. The van der Waals surface area contributed by atoms with Crippen LogP contribution in [0.25, 0.3) is 11.5 Å². The molecule has 0 saturated carbocycles. The summed E-state index contributed by atoms with van der Waals surface area (Å²) in [5.74, 6) is 0.970. The summed E-state index contributed by atoms with van der Waals surface area (Å²) >= 11 is 0. The van der Waals surface area contributed by atoms with Crippen LogP contribution in [0.1, 0.15) is 23.1 Å². The zero-order valence-corrected chi connectivity index (χ0v) is 9.97. The van der Waals surface area contributed by atoms with Crippen molar-refractivity contribution in [1.29, 1.82) is 0 Å². The van der Waals surface area contributed by atoms with Crippen LogP contribution in [0.15, 0.2) is 28.7 Å². The Morgan fingerprint density at radius 1 is 1.41 bits per heavy atom. The summed E-state index contributed by atoms with van der Waals surface area (Å²) in [6, 6.07) is 7.87. The predicted molar refractivity (Wildman–Crippen MR) is 65.4 cm³/mol. The molecule has 0 spiro atoms. The molecule has 0 bridgehead atoms. The highest BCUT2D eigenvalue weighted by Crippen LogP contribution is 2.25. The van der Waals surface area contributed by atoms with Crippen molar-refractivity contribution in [2.24, 2.45) is 5.73 Å². The van der Waals surface area contributed by atoms with Gasteiger partial charge in [0.15, 0.2) is 5.76 Å². The van der Waals surface area contributed by atoms with E-state index >= 15 is 0 Å². The highest BCUT2D eigenvalue weighted by atomic mass is 16.4. The SMILES string of the molecule is Cc1cccc(-c2nc(C)c(C(O)CN)o2)c1. The first-order valence-electron chi connectivity index (χ1n) is 5.54. The monoisotopic (exact) mass is 232 g/mol. The van der Waals surface area contributed by atoms with Gasteiger partial charge >= 0.3 is 0 Å². The summed E-state index contributed by atoms with van der Waals surface area (Å²) in [4.78, 5) is 4.31. The molecule has 1 aromatic carbocycles. The fourth-order valence-electron chi connectivity index (χ4n) is 1.73. The van der Waals surface area contributed by atoms with Crippen LogP contribution < -0.4 is 5.73 Å². The van der Waals surface area contributed by atoms with E-state index in [1.807, 2.05) is 31.2 Å². The number of nitrogens with two attached hydrogens (primary N) is 1. The van der Waals surface area contributed by atoms with Crippen molar-refractivity contribution in [2.45, 2.75) is 20.0 Å². The van der Waals surface area contributed by atoms with Crippen molar-refractivity contribution >= 4 is 0 Å². The van der Waals surface area contributed by atoms with Gasteiger partial charge in [0.1, 0.15) is 6.10 Å². The Labute approximate surface area is 100 Å². The number of aliphatic hydroxyl groups excluding tert-OH is 1. The molecule has 3 N–H and O–H groups in total. The van der Waals surface area contributed by atoms with Crippen LogP contribution >= 0.6 is 0 Å². The molecule has 1 aromatic heterocycles. The maximum absolute atomic E-state index is 9.67. The van der Waals surface area contributed by atoms with Gasteiger partial charge in [-0.2, -0.15) is 0 Å². The van der Waals surface area contributed by atoms with Gasteiger partial charge in [0.05, 0.1) is 5.69 Å². The summed E-state index contributed by atoms with van der Waals surface area (Å²) in [5, 5.41) is 9.67. The third kappa shape index (κ3) is 2.38. The Morgan fingerprint density at radius 3 is 2.82 bits per heavy atom. The molecule has 0 saturated heterocycles. The van der Waals surface area contributed by atoms with E-state index in [4.69, 9.17) is 10.2 Å². The largest absolute Gasteiger partial charge is 0.438 e. The smallest absolute Gasteiger partial charge is 0.226 e. The number of oxazole rings is 1. The third-order valence-electron chi connectivity index (χ3n) is 2.62. The Hall–Kier alpha value is -1.65. The molecule has 4 nitrogen and oxygen atoms in total. The van der Waals surface area contributed by atoms with Crippen molar-refractivity contribution in [3.63, 3.8) is 0 Å². The molecule has 1 heterocycles. The van der Waals surface area contributed by atoms with Crippen LogP contribution in [-0.2, 0) is 0 Å². The van der Waals surface area contributed by atoms with Crippen molar-refractivity contribution in [2.75, 3.05) is 6.54 Å². The second-order valence-corrected chi connectivity index (χ2v) is 4.09. The summed E-state index contributed by atoms with van der Waals surface area (Å²) in [6.07, 6.45) is -0.791. The van der Waals surface area contributed by atoms with E-state index in [1.165, 1.54) is 0 Å². The molecule has 0 aliphatic heterocycles. The average molecular weight is 232 g/mol. The van der Waals surface area contributed by atoms with Gasteiger partial charge in [-0.1, -0.05) is 17.7 Å². The molecule has 2 aromatic rings. The molecule has 0 amide bonds. The Balaban J connectivity index is 2.41. The molecular weight excluding hydrogens is 216 g/mol. The van der Waals surface area contributed by atoms with E-state index < -0.39 is 6.10 Å². The lowest BCUT2D eigenvalue weighted by Gasteiger charge is -2.03. The maximum Gasteiger partial charge on any atom is 0.226 e. The highest BCUT2D eigenvalue weighted by molar-refractivity contribution is 5.54. The highest BCUT2D eigenvalue weighted by Gasteiger charge is 2.17. The molecule has 90 valence electrons. The molecule has 4 heteroatoms. The lowest BCUT2D eigenvalue weighted by Crippen LogP contribution is -2.11. The quantitative estimate of drug-likeness (QED) is 0.848. The van der Waals surface area contributed by atoms with E-state index in [2.05, 4.69) is 4.98 Å². The standard InChI is InChI=1S/C13H16N2O2/c1-8-4-3-5-10(6-8)13-15-9(2)12(17-13)11(16)7-14/h3-6,11,16H,7,14H2,1-2H3. The molecule has 1 atom stereocenters. The van der Waals surface area contributed by atoms with Crippen LogP contribution in [0.5, 0.6) is 0 Å². The van der Waals surface area contributed by atoms with Crippen molar-refractivity contribution in [3.8, 4) is 11.5 Å². The first-order valence-corrected chi connectivity index (χ1v) is 5.54. The van der Waals surface area contributed by atoms with E-state index in [0.717, 1.165) is 11.1 Å². The maximum atomic E-state index is 9.67. The van der Waals surface area contributed by atoms with Crippen molar-refractivity contribution in [1.82, 2.24) is 4.98 Å². The van der Waals surface area contributed by atoms with E-state index in [0.29, 0.717) is 17.3 Å². The van der Waals surface area contributed by atoms with Crippen molar-refractivity contribution < 1.29 is 9.52 Å². The molecule has 1 unspecified atom stereocenters. The Morgan fingerprint density at radius 2 is 2.18 bits per heavy atom. The van der Waals surface area contributed by atoms with Gasteiger partial charge in [0.2, 0.25) is 5.89 Å². The van der Waals surface area contributed by atoms with Gasteiger partial charge in [0, 0.05) is 12.1 Å². The summed E-state index contributed by atoms with van der Waals surface area (Å²) in [7, 11) is 0. The first kappa shape index (κ1) is 11.8. The minimum atomic E-state index is -0.791. The first-order chi connectivity index (χ1) is 8.11. The number of rotatable bonds is 3. The van der Waals surface area contributed by atoms with Crippen LogP contribution in [-0.4, -0.2) is 16.6 Å². The second-order valence-electron chi connectivity index (χ2n) is 4.09. The summed E-state index contributed by atoms with van der Waals surface area (Å²) in [6.45, 7) is 3.94. The molecule has 0 aliphatic rings. The van der Waals surface area contributed by atoms with E-state index in [-0.39, 0.29) is 6.54 Å². The number of aryl methyl sites for hydroxylation is 2. The molecule has 0 fully saturated rings. The van der Waals surface area contributed by atoms with Crippen LogP contribution in [0.3, 0.4) is 0 Å². The Bertz CT molecular complexity index is 520. The normalized spacial score (nSPS) is 12.7. The van der Waals surface area contributed by atoms with E-state index in [1.54, 1.807) is 6.92 Å². The lowest BCUT2D eigenvalue weighted by atomic mass is 10.1. The topological polar surface area (TPSA) is 72.3 Å². The number of aliphatic hydroxyl groups is 1. The number of hydrogen-bond acceptors (Lipinski definition) is 4. The minimum absolute atomic E-state index is 0.128. The fourth-order valence-corrected chi connectivity index (χ4v) is 1.73. The van der Waals surface area contributed by atoms with Gasteiger partial charge in [-0.15, -0.1) is 0 Å². The lowest BCUT2D eigenvalue weighted by molar-refractivity contribution is 0.158. The molecule has 0 radical (unpaired) electrons. The number of nitrogens with zero attached hydrogens (tertiary/aromatic N) is 1. The van der Waals surface area contributed by atoms with Gasteiger partial charge in [0.25, 0.3) is 0 Å². The molecular formula is C13H16N2O2. The van der Waals surface area contributed by atoms with Crippen LogP contribution in [0.4, 0.5) is 0 Å². The van der Waals surface area contributed by atoms with Crippen LogP contribution in [0.2, 0.25) is 0 Å². The number of aromatic nitrogens is 1. The predicted octanol–water partition coefficient (Wildman–Crippen LogP) is 1.95. The van der Waals surface area contributed by atoms with Gasteiger partial charge in [-0.25, -0.2) is 4.98 Å². The zero-order valence-electron chi connectivity index (χ0n) is 9.97. The number of hydrogen-bond donors (Lipinski definition) is 2. The minimum Gasteiger partial charge on any atom is -0.438 e. The van der Waals surface area contributed by atoms with Crippen LogP contribution in [0, 0.1) is 13.8 Å². The van der Waals surface area contributed by atoms with Gasteiger partial charge in [-0.05, 0) is 26.0 Å². The average Bonchev–Trinajstić information content (AvgIpc) is 2.70. The summed E-state index contributed by atoms with van der Waals surface area (Å²) < 4.78 is 5.57. The van der Waals surface area contributed by atoms with Gasteiger partial charge < -0.3 is 15.3 Å².